The van der Waals surface area contributed by atoms with E-state index in [4.69, 9.17) is 0 Å². The van der Waals surface area contributed by atoms with E-state index in [2.05, 4.69) is 20.6 Å². The van der Waals surface area contributed by atoms with Crippen molar-refractivity contribution < 1.29 is 9.59 Å². The van der Waals surface area contributed by atoms with Crippen molar-refractivity contribution in [3.63, 3.8) is 0 Å². The molecule has 0 spiro atoms. The lowest BCUT2D eigenvalue weighted by Crippen LogP contribution is -2.25. The molecule has 3 rings (SSSR count). The molecule has 7 nitrogen and oxygen atoms in total. The van der Waals surface area contributed by atoms with Crippen LogP contribution in [-0.4, -0.2) is 27.0 Å². The number of nitrogens with one attached hydrogen (secondary N) is 3. The van der Waals surface area contributed by atoms with Crippen LogP contribution >= 0.6 is 11.8 Å². The third-order valence-corrected chi connectivity index (χ3v) is 5.55. The van der Waals surface area contributed by atoms with Crippen LogP contribution in [0.2, 0.25) is 0 Å². The summed E-state index contributed by atoms with van der Waals surface area (Å²) in [5.41, 5.74) is -0.128. The molecule has 1 saturated carbocycles. The zero-order chi connectivity index (χ0) is 19.2. The summed E-state index contributed by atoms with van der Waals surface area (Å²) in [6.07, 6.45) is 4.75. The van der Waals surface area contributed by atoms with E-state index in [1.165, 1.54) is 24.6 Å². The van der Waals surface area contributed by atoms with Crippen molar-refractivity contribution in [2.45, 2.75) is 49.4 Å². The Morgan fingerprint density at radius 3 is 2.56 bits per heavy atom. The second-order valence-electron chi connectivity index (χ2n) is 6.34. The van der Waals surface area contributed by atoms with Crippen LogP contribution in [0, 0.1) is 0 Å². The number of benzene rings is 1. The minimum atomic E-state index is -0.485. The van der Waals surface area contributed by atoms with Crippen molar-refractivity contribution in [3.05, 3.63) is 46.2 Å². The number of anilines is 2. The number of aromatic nitrogens is 2. The van der Waals surface area contributed by atoms with Gasteiger partial charge in [0.05, 0.1) is 0 Å². The van der Waals surface area contributed by atoms with Crippen molar-refractivity contribution in [2.75, 3.05) is 10.6 Å². The van der Waals surface area contributed by atoms with E-state index in [9.17, 15) is 14.4 Å². The zero-order valence-electron chi connectivity index (χ0n) is 15.1. The van der Waals surface area contributed by atoms with Crippen LogP contribution in [0.25, 0.3) is 0 Å². The van der Waals surface area contributed by atoms with Gasteiger partial charge in [0.2, 0.25) is 5.91 Å². The molecular formula is C19H22N4O3S. The summed E-state index contributed by atoms with van der Waals surface area (Å²) in [7, 11) is 0. The third-order valence-electron chi connectivity index (χ3n) is 4.33. The first kappa shape index (κ1) is 19.2. The smallest absolute Gasteiger partial charge is 0.277 e. The Kier molecular flexibility index (Phi) is 6.28. The van der Waals surface area contributed by atoms with Crippen molar-refractivity contribution in [1.82, 2.24) is 9.97 Å². The largest absolute Gasteiger partial charge is 0.314 e. The van der Waals surface area contributed by atoms with E-state index in [1.807, 2.05) is 0 Å². The highest BCUT2D eigenvalue weighted by Crippen LogP contribution is 2.33. The van der Waals surface area contributed by atoms with Crippen LogP contribution in [0.1, 0.15) is 49.4 Å². The Morgan fingerprint density at radius 2 is 1.89 bits per heavy atom. The molecule has 27 heavy (non-hydrogen) atoms. The minimum Gasteiger partial charge on any atom is -0.314 e. The van der Waals surface area contributed by atoms with E-state index in [1.54, 1.807) is 37.3 Å². The summed E-state index contributed by atoms with van der Waals surface area (Å²) in [5, 5.41) is 6.07. The molecule has 3 N–H and O–H groups in total. The SMILES string of the molecule is CCC(=O)Nc1nc(SC2CCCC2)[nH]c(=O)c1NC(=O)c1ccccc1. The summed E-state index contributed by atoms with van der Waals surface area (Å²) >= 11 is 1.51. The second kappa shape index (κ2) is 8.85. The number of amides is 2. The monoisotopic (exact) mass is 386 g/mol. The van der Waals surface area contributed by atoms with E-state index in [-0.39, 0.29) is 23.8 Å². The van der Waals surface area contributed by atoms with Crippen LogP contribution in [0.15, 0.2) is 40.3 Å². The maximum absolute atomic E-state index is 12.6. The molecule has 0 aliphatic heterocycles. The van der Waals surface area contributed by atoms with Crippen LogP contribution in [0.3, 0.4) is 0 Å². The standard InChI is InChI=1S/C19H22N4O3S/c1-2-14(24)20-16-15(21-17(25)12-8-4-3-5-9-12)18(26)23-19(22-16)27-13-10-6-7-11-13/h3-5,8-9,13H,2,6-7,10-11H2,1H3,(H,21,25)(H2,20,22,23,24,26). The average Bonchev–Trinajstić information content (AvgIpc) is 3.18. The van der Waals surface area contributed by atoms with Crippen LogP contribution in [0.4, 0.5) is 11.5 Å². The highest BCUT2D eigenvalue weighted by Gasteiger charge is 2.21. The van der Waals surface area contributed by atoms with E-state index >= 15 is 0 Å². The molecule has 1 heterocycles. The van der Waals surface area contributed by atoms with Gasteiger partial charge in [0, 0.05) is 17.2 Å². The summed E-state index contributed by atoms with van der Waals surface area (Å²) in [6.45, 7) is 1.71. The van der Waals surface area contributed by atoms with Gasteiger partial charge in [-0.2, -0.15) is 0 Å². The number of hydrogen-bond donors (Lipinski definition) is 3. The van der Waals surface area contributed by atoms with Gasteiger partial charge in [-0.1, -0.05) is 49.7 Å². The molecule has 1 fully saturated rings. The predicted octanol–water partition coefficient (Wildman–Crippen LogP) is 3.41. The van der Waals surface area contributed by atoms with Crippen LogP contribution in [-0.2, 0) is 4.79 Å². The Bertz CT molecular complexity index is 876. The van der Waals surface area contributed by atoms with Gasteiger partial charge in [0.25, 0.3) is 11.5 Å². The van der Waals surface area contributed by atoms with E-state index < -0.39 is 11.5 Å². The fraction of sp³-hybridized carbons (Fsp3) is 0.368. The summed E-state index contributed by atoms with van der Waals surface area (Å²) in [5.74, 6) is -0.637. The van der Waals surface area contributed by atoms with Gasteiger partial charge < -0.3 is 10.6 Å². The molecule has 2 amide bonds. The molecule has 0 unspecified atom stereocenters. The summed E-state index contributed by atoms with van der Waals surface area (Å²) in [6, 6.07) is 8.56. The number of carbonyl (C=O) groups is 2. The summed E-state index contributed by atoms with van der Waals surface area (Å²) < 4.78 is 0. The second-order valence-corrected chi connectivity index (χ2v) is 7.63. The van der Waals surface area contributed by atoms with Gasteiger partial charge in [0.15, 0.2) is 16.7 Å². The fourth-order valence-corrected chi connectivity index (χ4v) is 4.05. The fourth-order valence-electron chi connectivity index (χ4n) is 2.87. The number of hydrogen-bond acceptors (Lipinski definition) is 5. The summed E-state index contributed by atoms with van der Waals surface area (Å²) in [4.78, 5) is 44.0. The third kappa shape index (κ3) is 4.97. The molecule has 1 aliphatic carbocycles. The molecule has 1 aromatic carbocycles. The Balaban J connectivity index is 1.89. The molecule has 0 bridgehead atoms. The Labute approximate surface area is 161 Å². The quantitative estimate of drug-likeness (QED) is 0.660. The van der Waals surface area contributed by atoms with Gasteiger partial charge >= 0.3 is 0 Å². The topological polar surface area (TPSA) is 104 Å². The molecule has 0 radical (unpaired) electrons. The lowest BCUT2D eigenvalue weighted by atomic mass is 10.2. The molecule has 0 atom stereocenters. The lowest BCUT2D eigenvalue weighted by Gasteiger charge is -2.13. The van der Waals surface area contributed by atoms with E-state index in [0.29, 0.717) is 16.0 Å². The van der Waals surface area contributed by atoms with Crippen molar-refractivity contribution >= 4 is 35.1 Å². The number of carbonyl (C=O) groups excluding carboxylic acids is 2. The Hall–Kier alpha value is -2.61. The van der Waals surface area contributed by atoms with E-state index in [0.717, 1.165) is 12.8 Å². The maximum Gasteiger partial charge on any atom is 0.277 e. The number of thioether (sulfide) groups is 1. The van der Waals surface area contributed by atoms with Crippen molar-refractivity contribution in [2.24, 2.45) is 0 Å². The highest BCUT2D eigenvalue weighted by molar-refractivity contribution is 7.99. The van der Waals surface area contributed by atoms with Crippen LogP contribution in [0.5, 0.6) is 0 Å². The van der Waals surface area contributed by atoms with Gasteiger partial charge in [-0.25, -0.2) is 4.98 Å². The first-order valence-corrected chi connectivity index (χ1v) is 9.92. The normalized spacial score (nSPS) is 14.1. The average molecular weight is 386 g/mol. The maximum atomic E-state index is 12.6. The van der Waals surface area contributed by atoms with Crippen molar-refractivity contribution in [3.8, 4) is 0 Å². The predicted molar refractivity (Wildman–Crippen MR) is 106 cm³/mol. The van der Waals surface area contributed by atoms with Gasteiger partial charge in [0.1, 0.15) is 0 Å². The molecule has 0 saturated heterocycles. The van der Waals surface area contributed by atoms with Gasteiger partial charge in [-0.15, -0.1) is 0 Å². The number of aromatic amines is 1. The van der Waals surface area contributed by atoms with Crippen molar-refractivity contribution in [1.29, 1.82) is 0 Å². The number of H-pyrrole nitrogens is 1. The van der Waals surface area contributed by atoms with Crippen LogP contribution < -0.4 is 16.2 Å². The number of nitrogens with zero attached hydrogens (tertiary/aromatic N) is 1. The first-order chi connectivity index (χ1) is 13.1. The minimum absolute atomic E-state index is 0.0542. The zero-order valence-corrected chi connectivity index (χ0v) is 15.9. The Morgan fingerprint density at radius 1 is 1.19 bits per heavy atom. The van der Waals surface area contributed by atoms with Gasteiger partial charge in [-0.3, -0.25) is 19.4 Å². The molecule has 2 aromatic rings. The number of rotatable bonds is 6. The lowest BCUT2D eigenvalue weighted by molar-refractivity contribution is -0.115. The van der Waals surface area contributed by atoms with Gasteiger partial charge in [-0.05, 0) is 25.0 Å². The molecular weight excluding hydrogens is 364 g/mol. The molecule has 142 valence electrons. The molecule has 8 heteroatoms. The molecule has 1 aromatic heterocycles. The first-order valence-electron chi connectivity index (χ1n) is 9.04. The molecule has 1 aliphatic rings. The highest BCUT2D eigenvalue weighted by atomic mass is 32.2.